The van der Waals surface area contributed by atoms with Crippen LogP contribution in [0, 0.1) is 6.92 Å². The van der Waals surface area contributed by atoms with Crippen LogP contribution in [0.5, 0.6) is 0 Å². The lowest BCUT2D eigenvalue weighted by atomic mass is 9.98. The summed E-state index contributed by atoms with van der Waals surface area (Å²) in [5.41, 5.74) is 2.10. The molecule has 1 aromatic rings. The van der Waals surface area contributed by atoms with Crippen LogP contribution < -0.4 is 0 Å². The van der Waals surface area contributed by atoms with E-state index >= 15 is 0 Å². The third-order valence-corrected chi connectivity index (χ3v) is 2.36. The largest absolute Gasteiger partial charge is 0.303 e. The fraction of sp³-hybridized carbons (Fsp3) is 0.556. The van der Waals surface area contributed by atoms with Gasteiger partial charge in [-0.05, 0) is 25.8 Å². The summed E-state index contributed by atoms with van der Waals surface area (Å²) in [6, 6.07) is 2.01. The van der Waals surface area contributed by atoms with E-state index in [1.54, 1.807) is 0 Å². The second kappa shape index (κ2) is 2.73. The Kier molecular flexibility index (Phi) is 1.71. The van der Waals surface area contributed by atoms with Gasteiger partial charge in [-0.15, -0.1) is 0 Å². The second-order valence-electron chi connectivity index (χ2n) is 3.32. The molecular weight excluding hydrogens is 152 g/mol. The fourth-order valence-electron chi connectivity index (χ4n) is 1.79. The molecule has 0 fully saturated rings. The minimum Gasteiger partial charge on any atom is -0.303 e. The number of carbonyl (C=O) groups excluding carboxylic acids is 1. The Bertz CT molecular complexity index is 303. The van der Waals surface area contributed by atoms with Gasteiger partial charge in [0.05, 0.1) is 11.6 Å². The first-order valence-electron chi connectivity index (χ1n) is 4.31. The van der Waals surface area contributed by atoms with Crippen molar-refractivity contribution in [3.05, 3.63) is 17.5 Å². The van der Waals surface area contributed by atoms with Gasteiger partial charge in [-0.2, -0.15) is 5.10 Å². The summed E-state index contributed by atoms with van der Waals surface area (Å²) in [7, 11) is 0. The molecule has 2 rings (SSSR count). The molecule has 2 heterocycles. The number of fused-ring (bicyclic) bond motifs is 1. The Morgan fingerprint density at radius 3 is 3.33 bits per heavy atom. The third kappa shape index (κ3) is 1.05. The third-order valence-electron chi connectivity index (χ3n) is 2.36. The summed E-state index contributed by atoms with van der Waals surface area (Å²) in [4.78, 5) is 10.7. The van der Waals surface area contributed by atoms with Crippen LogP contribution in [0.2, 0.25) is 0 Å². The first kappa shape index (κ1) is 7.53. The van der Waals surface area contributed by atoms with Crippen molar-refractivity contribution in [2.75, 3.05) is 0 Å². The van der Waals surface area contributed by atoms with Gasteiger partial charge in [-0.25, -0.2) is 0 Å². The van der Waals surface area contributed by atoms with Crippen molar-refractivity contribution < 1.29 is 4.79 Å². The van der Waals surface area contributed by atoms with Gasteiger partial charge in [0.25, 0.3) is 0 Å². The van der Waals surface area contributed by atoms with E-state index in [4.69, 9.17) is 0 Å². The Morgan fingerprint density at radius 1 is 1.75 bits per heavy atom. The molecule has 1 aliphatic rings. The number of rotatable bonds is 1. The quantitative estimate of drug-likeness (QED) is 0.586. The summed E-state index contributed by atoms with van der Waals surface area (Å²) in [5.74, 6) is 0.0833. The molecule has 3 nitrogen and oxygen atoms in total. The SMILES string of the molecule is Cc1cc2n(n1)CCCC2C=O. The molecule has 1 atom stereocenters. The predicted octanol–water partition coefficient (Wildman–Crippen LogP) is 1.27. The van der Waals surface area contributed by atoms with Crippen LogP contribution in [0.25, 0.3) is 0 Å². The van der Waals surface area contributed by atoms with Crippen molar-refractivity contribution in [3.63, 3.8) is 0 Å². The molecule has 1 aromatic heterocycles. The van der Waals surface area contributed by atoms with E-state index in [-0.39, 0.29) is 5.92 Å². The zero-order valence-electron chi connectivity index (χ0n) is 7.16. The average Bonchev–Trinajstić information content (AvgIpc) is 2.44. The summed E-state index contributed by atoms with van der Waals surface area (Å²) in [6.45, 7) is 2.93. The maximum atomic E-state index is 10.7. The van der Waals surface area contributed by atoms with Crippen LogP contribution >= 0.6 is 0 Å². The molecule has 1 unspecified atom stereocenters. The van der Waals surface area contributed by atoms with Crippen molar-refractivity contribution >= 4 is 6.29 Å². The smallest absolute Gasteiger partial charge is 0.129 e. The molecule has 0 amide bonds. The topological polar surface area (TPSA) is 34.9 Å². The zero-order valence-corrected chi connectivity index (χ0v) is 7.16. The lowest BCUT2D eigenvalue weighted by molar-refractivity contribution is -0.109. The van der Waals surface area contributed by atoms with E-state index in [1.165, 1.54) is 0 Å². The Morgan fingerprint density at radius 2 is 2.58 bits per heavy atom. The summed E-state index contributed by atoms with van der Waals surface area (Å²) in [5, 5.41) is 4.31. The van der Waals surface area contributed by atoms with Gasteiger partial charge >= 0.3 is 0 Å². The molecule has 0 spiro atoms. The van der Waals surface area contributed by atoms with Crippen molar-refractivity contribution in [1.29, 1.82) is 0 Å². The maximum Gasteiger partial charge on any atom is 0.129 e. The van der Waals surface area contributed by atoms with Gasteiger partial charge in [-0.3, -0.25) is 4.68 Å². The number of hydrogen-bond donors (Lipinski definition) is 0. The molecular formula is C9H12N2O. The monoisotopic (exact) mass is 164 g/mol. The van der Waals surface area contributed by atoms with E-state index in [0.717, 1.165) is 37.1 Å². The highest BCUT2D eigenvalue weighted by Gasteiger charge is 2.20. The minimum absolute atomic E-state index is 0.0833. The normalized spacial score (nSPS) is 21.9. The molecule has 64 valence electrons. The molecule has 0 saturated carbocycles. The highest BCUT2D eigenvalue weighted by atomic mass is 16.1. The number of carbonyl (C=O) groups is 1. The lowest BCUT2D eigenvalue weighted by Crippen LogP contribution is -2.16. The van der Waals surface area contributed by atoms with Gasteiger partial charge in [0.15, 0.2) is 0 Å². The van der Waals surface area contributed by atoms with Crippen molar-refractivity contribution in [3.8, 4) is 0 Å². The highest BCUT2D eigenvalue weighted by Crippen LogP contribution is 2.25. The van der Waals surface area contributed by atoms with Crippen LogP contribution in [0.15, 0.2) is 6.07 Å². The molecule has 0 bridgehead atoms. The first-order chi connectivity index (χ1) is 5.81. The molecule has 1 aliphatic heterocycles. The number of nitrogens with zero attached hydrogens (tertiary/aromatic N) is 2. The number of aryl methyl sites for hydroxylation is 2. The zero-order chi connectivity index (χ0) is 8.55. The van der Waals surface area contributed by atoms with Gasteiger partial charge < -0.3 is 4.79 Å². The van der Waals surface area contributed by atoms with Gasteiger partial charge in [0, 0.05) is 12.2 Å². The first-order valence-corrected chi connectivity index (χ1v) is 4.31. The molecule has 0 radical (unpaired) electrons. The van der Waals surface area contributed by atoms with E-state index in [0.29, 0.717) is 0 Å². The summed E-state index contributed by atoms with van der Waals surface area (Å²) < 4.78 is 1.96. The minimum atomic E-state index is 0.0833. The molecule has 0 aliphatic carbocycles. The Hall–Kier alpha value is -1.12. The average molecular weight is 164 g/mol. The van der Waals surface area contributed by atoms with Gasteiger partial charge in [-0.1, -0.05) is 0 Å². The maximum absolute atomic E-state index is 10.7. The van der Waals surface area contributed by atoms with E-state index in [2.05, 4.69) is 5.10 Å². The highest BCUT2D eigenvalue weighted by molar-refractivity contribution is 5.61. The molecule has 3 heteroatoms. The number of aldehydes is 1. The molecule has 12 heavy (non-hydrogen) atoms. The van der Waals surface area contributed by atoms with E-state index in [9.17, 15) is 4.79 Å². The molecule has 0 aromatic carbocycles. The van der Waals surface area contributed by atoms with Crippen LogP contribution in [0.3, 0.4) is 0 Å². The van der Waals surface area contributed by atoms with Crippen LogP contribution in [0.4, 0.5) is 0 Å². The summed E-state index contributed by atoms with van der Waals surface area (Å²) >= 11 is 0. The second-order valence-corrected chi connectivity index (χ2v) is 3.32. The molecule has 0 N–H and O–H groups in total. The van der Waals surface area contributed by atoms with Gasteiger partial charge in [0.2, 0.25) is 0 Å². The van der Waals surface area contributed by atoms with Crippen LogP contribution in [-0.4, -0.2) is 16.1 Å². The Labute approximate surface area is 71.4 Å². The van der Waals surface area contributed by atoms with Crippen molar-refractivity contribution in [2.24, 2.45) is 0 Å². The number of hydrogen-bond acceptors (Lipinski definition) is 2. The van der Waals surface area contributed by atoms with Crippen LogP contribution in [-0.2, 0) is 11.3 Å². The van der Waals surface area contributed by atoms with Crippen molar-refractivity contribution in [2.45, 2.75) is 32.2 Å². The predicted molar refractivity (Wildman–Crippen MR) is 45.0 cm³/mol. The number of aromatic nitrogens is 2. The van der Waals surface area contributed by atoms with E-state index < -0.39 is 0 Å². The van der Waals surface area contributed by atoms with Gasteiger partial charge in [0.1, 0.15) is 6.29 Å². The Balaban J connectivity index is 2.43. The molecule has 0 saturated heterocycles. The summed E-state index contributed by atoms with van der Waals surface area (Å²) in [6.07, 6.45) is 3.08. The fourth-order valence-corrected chi connectivity index (χ4v) is 1.79. The lowest BCUT2D eigenvalue weighted by Gasteiger charge is -2.18. The van der Waals surface area contributed by atoms with Crippen LogP contribution in [0.1, 0.15) is 30.1 Å². The van der Waals surface area contributed by atoms with E-state index in [1.807, 2.05) is 17.7 Å². The standard InChI is InChI=1S/C9H12N2O/c1-7-5-9-8(6-12)3-2-4-11(9)10-7/h5-6,8H,2-4H2,1H3. The van der Waals surface area contributed by atoms with Crippen molar-refractivity contribution in [1.82, 2.24) is 9.78 Å².